The van der Waals surface area contributed by atoms with E-state index in [-0.39, 0.29) is 0 Å². The van der Waals surface area contributed by atoms with E-state index in [1.807, 2.05) is 36.4 Å². The molecule has 0 unspecified atom stereocenters. The summed E-state index contributed by atoms with van der Waals surface area (Å²) in [4.78, 5) is 0.738. The maximum Gasteiger partial charge on any atom is 0.119 e. The summed E-state index contributed by atoms with van der Waals surface area (Å²) in [6.45, 7) is 0.794. The number of methoxy groups -OCH3 is 2. The van der Waals surface area contributed by atoms with Gasteiger partial charge in [0.15, 0.2) is 0 Å². The molecule has 0 saturated heterocycles. The van der Waals surface area contributed by atoms with Crippen LogP contribution in [0.5, 0.6) is 11.5 Å². The Labute approximate surface area is 130 Å². The maximum absolute atomic E-state index is 5.40. The van der Waals surface area contributed by atoms with Crippen LogP contribution in [-0.4, -0.2) is 25.8 Å². The van der Waals surface area contributed by atoms with Crippen molar-refractivity contribution in [3.05, 3.63) is 59.7 Å². The lowest BCUT2D eigenvalue weighted by Crippen LogP contribution is -2.24. The van der Waals surface area contributed by atoms with Crippen LogP contribution >= 0.6 is 12.2 Å². The van der Waals surface area contributed by atoms with Crippen molar-refractivity contribution in [2.24, 2.45) is 0 Å². The van der Waals surface area contributed by atoms with Gasteiger partial charge in [0.25, 0.3) is 0 Å². The van der Waals surface area contributed by atoms with Crippen LogP contribution in [-0.2, 0) is 6.42 Å². The Kier molecular flexibility index (Phi) is 5.58. The molecule has 0 radical (unpaired) electrons. The number of hydrogen-bond acceptors (Lipinski definition) is 3. The molecule has 2 aromatic carbocycles. The van der Waals surface area contributed by atoms with Gasteiger partial charge in [-0.3, -0.25) is 0 Å². The molecule has 0 aliphatic rings. The molecule has 21 heavy (non-hydrogen) atoms. The highest BCUT2D eigenvalue weighted by molar-refractivity contribution is 7.80. The van der Waals surface area contributed by atoms with E-state index in [1.54, 1.807) is 14.2 Å². The molecular formula is C17H19NO2S. The van der Waals surface area contributed by atoms with Gasteiger partial charge in [-0.25, -0.2) is 0 Å². The van der Waals surface area contributed by atoms with E-state index in [0.29, 0.717) is 0 Å². The Morgan fingerprint density at radius 2 is 1.71 bits per heavy atom. The topological polar surface area (TPSA) is 30.5 Å². The third-order valence-corrected chi connectivity index (χ3v) is 3.57. The average molecular weight is 301 g/mol. The third kappa shape index (κ3) is 4.46. The van der Waals surface area contributed by atoms with Crippen LogP contribution in [0.15, 0.2) is 48.5 Å². The van der Waals surface area contributed by atoms with E-state index >= 15 is 0 Å². The van der Waals surface area contributed by atoms with E-state index in [9.17, 15) is 0 Å². The normalized spacial score (nSPS) is 10.0. The minimum Gasteiger partial charge on any atom is -0.497 e. The highest BCUT2D eigenvalue weighted by Crippen LogP contribution is 2.13. The Hall–Kier alpha value is -2.07. The second kappa shape index (κ2) is 7.64. The second-order valence-electron chi connectivity index (χ2n) is 4.59. The molecule has 0 aromatic heterocycles. The van der Waals surface area contributed by atoms with Crippen LogP contribution in [0.1, 0.15) is 11.1 Å². The van der Waals surface area contributed by atoms with Crippen molar-refractivity contribution in [2.45, 2.75) is 6.42 Å². The van der Waals surface area contributed by atoms with Gasteiger partial charge in [0.05, 0.1) is 14.2 Å². The van der Waals surface area contributed by atoms with Gasteiger partial charge < -0.3 is 14.8 Å². The Balaban J connectivity index is 1.85. The van der Waals surface area contributed by atoms with Gasteiger partial charge in [-0.15, -0.1) is 0 Å². The zero-order valence-corrected chi connectivity index (χ0v) is 13.1. The summed E-state index contributed by atoms with van der Waals surface area (Å²) in [6.07, 6.45) is 0.911. The third-order valence-electron chi connectivity index (χ3n) is 3.19. The van der Waals surface area contributed by atoms with Crippen molar-refractivity contribution < 1.29 is 9.47 Å². The summed E-state index contributed by atoms with van der Waals surface area (Å²) >= 11 is 5.40. The molecule has 0 heterocycles. The Bertz CT molecular complexity index is 596. The van der Waals surface area contributed by atoms with Crippen LogP contribution in [0.25, 0.3) is 0 Å². The van der Waals surface area contributed by atoms with Crippen molar-refractivity contribution in [1.29, 1.82) is 0 Å². The molecule has 0 atom stereocenters. The summed E-state index contributed by atoms with van der Waals surface area (Å²) in [5, 5.41) is 3.27. The fraction of sp³-hybridized carbons (Fsp3) is 0.235. The SMILES string of the molecule is COc1ccc(CCNC(=S)c2cccc(OC)c2)cc1. The molecule has 1 N–H and O–H groups in total. The number of benzene rings is 2. The van der Waals surface area contributed by atoms with Crippen LogP contribution in [0.4, 0.5) is 0 Å². The van der Waals surface area contributed by atoms with Crippen LogP contribution in [0.3, 0.4) is 0 Å². The molecular weight excluding hydrogens is 282 g/mol. The highest BCUT2D eigenvalue weighted by Gasteiger charge is 2.02. The van der Waals surface area contributed by atoms with Gasteiger partial charge in [-0.2, -0.15) is 0 Å². The summed E-state index contributed by atoms with van der Waals surface area (Å²) in [6, 6.07) is 15.8. The molecule has 110 valence electrons. The zero-order valence-electron chi connectivity index (χ0n) is 12.3. The quantitative estimate of drug-likeness (QED) is 0.830. The standard InChI is InChI=1S/C17H19NO2S/c1-19-15-8-6-13(7-9-15)10-11-18-17(21)14-4-3-5-16(12-14)20-2/h3-9,12H,10-11H2,1-2H3,(H,18,21). The summed E-state index contributed by atoms with van der Waals surface area (Å²) in [7, 11) is 3.32. The van der Waals surface area contributed by atoms with Crippen LogP contribution in [0.2, 0.25) is 0 Å². The summed E-state index contributed by atoms with van der Waals surface area (Å²) < 4.78 is 10.3. The zero-order chi connectivity index (χ0) is 15.1. The van der Waals surface area contributed by atoms with E-state index in [4.69, 9.17) is 21.7 Å². The van der Waals surface area contributed by atoms with Crippen LogP contribution < -0.4 is 14.8 Å². The molecule has 3 nitrogen and oxygen atoms in total. The Morgan fingerprint density at radius 3 is 2.38 bits per heavy atom. The number of nitrogens with one attached hydrogen (secondary N) is 1. The largest absolute Gasteiger partial charge is 0.497 e. The second-order valence-corrected chi connectivity index (χ2v) is 4.99. The fourth-order valence-corrected chi connectivity index (χ4v) is 2.21. The number of thiocarbonyl (C=S) groups is 1. The summed E-state index contributed by atoms with van der Waals surface area (Å²) in [5.74, 6) is 1.69. The van der Waals surface area contributed by atoms with Crippen molar-refractivity contribution in [3.63, 3.8) is 0 Å². The van der Waals surface area contributed by atoms with Crippen molar-refractivity contribution in [3.8, 4) is 11.5 Å². The average Bonchev–Trinajstić information content (AvgIpc) is 2.55. The minimum absolute atomic E-state index is 0.738. The molecule has 2 rings (SSSR count). The van der Waals surface area contributed by atoms with E-state index in [1.165, 1.54) is 5.56 Å². The van der Waals surface area contributed by atoms with Gasteiger partial charge in [0, 0.05) is 12.1 Å². The lowest BCUT2D eigenvalue weighted by molar-refractivity contribution is 0.414. The first-order valence-corrected chi connectivity index (χ1v) is 7.19. The van der Waals surface area contributed by atoms with Gasteiger partial charge in [-0.05, 0) is 36.2 Å². The van der Waals surface area contributed by atoms with Gasteiger partial charge in [0.2, 0.25) is 0 Å². The van der Waals surface area contributed by atoms with Crippen molar-refractivity contribution in [1.82, 2.24) is 5.32 Å². The molecule has 0 bridgehead atoms. The minimum atomic E-state index is 0.738. The fourth-order valence-electron chi connectivity index (χ4n) is 1.98. The van der Waals surface area contributed by atoms with E-state index < -0.39 is 0 Å². The molecule has 0 spiro atoms. The Morgan fingerprint density at radius 1 is 1.00 bits per heavy atom. The predicted octanol–water partition coefficient (Wildman–Crippen LogP) is 3.21. The van der Waals surface area contributed by atoms with E-state index in [2.05, 4.69) is 17.4 Å². The molecule has 0 aliphatic heterocycles. The monoisotopic (exact) mass is 301 g/mol. The van der Waals surface area contributed by atoms with Gasteiger partial charge in [0.1, 0.15) is 16.5 Å². The van der Waals surface area contributed by atoms with Crippen molar-refractivity contribution in [2.75, 3.05) is 20.8 Å². The van der Waals surface area contributed by atoms with Crippen molar-refractivity contribution >= 4 is 17.2 Å². The maximum atomic E-state index is 5.40. The first-order valence-electron chi connectivity index (χ1n) is 6.78. The number of hydrogen-bond donors (Lipinski definition) is 1. The molecule has 0 aliphatic carbocycles. The molecule has 0 amide bonds. The molecule has 0 saturated carbocycles. The lowest BCUT2D eigenvalue weighted by Gasteiger charge is -2.09. The number of ether oxygens (including phenoxy) is 2. The van der Waals surface area contributed by atoms with Crippen LogP contribution in [0, 0.1) is 0 Å². The summed E-state index contributed by atoms with van der Waals surface area (Å²) in [5.41, 5.74) is 2.22. The molecule has 4 heteroatoms. The highest BCUT2D eigenvalue weighted by atomic mass is 32.1. The number of rotatable bonds is 6. The lowest BCUT2D eigenvalue weighted by atomic mass is 10.1. The molecule has 2 aromatic rings. The predicted molar refractivity (Wildman–Crippen MR) is 89.4 cm³/mol. The van der Waals surface area contributed by atoms with Gasteiger partial charge in [-0.1, -0.05) is 36.5 Å². The van der Waals surface area contributed by atoms with E-state index in [0.717, 1.165) is 35.0 Å². The first kappa shape index (κ1) is 15.3. The van der Waals surface area contributed by atoms with Gasteiger partial charge >= 0.3 is 0 Å². The first-order chi connectivity index (χ1) is 10.2. The smallest absolute Gasteiger partial charge is 0.119 e. The molecule has 0 fully saturated rings.